The molecule has 1 aromatic heterocycles. The lowest BCUT2D eigenvalue weighted by Gasteiger charge is -2.16. The Balaban J connectivity index is 1.50. The van der Waals surface area contributed by atoms with Crippen LogP contribution in [0.15, 0.2) is 116 Å². The number of methoxy groups -OCH3 is 3. The summed E-state index contributed by atoms with van der Waals surface area (Å²) in [7, 11) is 6.50. The zero-order chi connectivity index (χ0) is 26.2. The van der Waals surface area contributed by atoms with Crippen molar-refractivity contribution in [2.24, 2.45) is 15.9 Å². The molecule has 1 unspecified atom stereocenters. The number of imidazole rings is 1. The van der Waals surface area contributed by atoms with E-state index in [-0.39, 0.29) is 11.6 Å². The van der Waals surface area contributed by atoms with Crippen LogP contribution in [-0.2, 0) is 20.8 Å². The third-order valence-electron chi connectivity index (χ3n) is 6.30. The van der Waals surface area contributed by atoms with Crippen LogP contribution in [0.3, 0.4) is 0 Å². The highest BCUT2D eigenvalue weighted by molar-refractivity contribution is 6.31. The fourth-order valence-corrected chi connectivity index (χ4v) is 4.39. The average Bonchev–Trinajstić information content (AvgIpc) is 3.07. The summed E-state index contributed by atoms with van der Waals surface area (Å²) in [6, 6.07) is 0. The first-order chi connectivity index (χ1) is 18.1. The van der Waals surface area contributed by atoms with Crippen molar-refractivity contribution in [1.82, 2.24) is 9.55 Å². The number of allylic oxidation sites excluding steroid dienone is 13. The van der Waals surface area contributed by atoms with Gasteiger partial charge in [0.2, 0.25) is 5.76 Å². The van der Waals surface area contributed by atoms with Crippen LogP contribution in [0, 0.1) is 5.92 Å². The smallest absolute Gasteiger partial charge is 0.327 e. The van der Waals surface area contributed by atoms with E-state index >= 15 is 0 Å². The quantitative estimate of drug-likeness (QED) is 0.490. The van der Waals surface area contributed by atoms with Crippen molar-refractivity contribution in [3.05, 3.63) is 111 Å². The van der Waals surface area contributed by atoms with E-state index in [2.05, 4.69) is 39.3 Å². The Bertz CT molecular complexity index is 1390. The monoisotopic (exact) mass is 500 g/mol. The molecule has 1 N–H and O–H groups in total. The van der Waals surface area contributed by atoms with E-state index in [1.54, 1.807) is 45.4 Å². The molecule has 8 nitrogen and oxygen atoms in total. The number of aliphatic imine (C=N–C) groups is 2. The second kappa shape index (κ2) is 12.1. The number of H-pyrrole nitrogens is 1. The molecule has 37 heavy (non-hydrogen) atoms. The van der Waals surface area contributed by atoms with Crippen LogP contribution >= 0.6 is 0 Å². The van der Waals surface area contributed by atoms with Gasteiger partial charge in [-0.05, 0) is 29.7 Å². The van der Waals surface area contributed by atoms with Gasteiger partial charge >= 0.3 is 5.69 Å². The van der Waals surface area contributed by atoms with Gasteiger partial charge in [0.25, 0.3) is 0 Å². The highest BCUT2D eigenvalue weighted by atomic mass is 16.5. The van der Waals surface area contributed by atoms with Gasteiger partial charge in [0.15, 0.2) is 17.3 Å². The Morgan fingerprint density at radius 3 is 2.59 bits per heavy atom. The number of fused-ring (bicyclic) bond motifs is 1. The summed E-state index contributed by atoms with van der Waals surface area (Å²) in [5, 5.41) is 0. The first kappa shape index (κ1) is 25.8. The molecule has 192 valence electrons. The van der Waals surface area contributed by atoms with Gasteiger partial charge in [-0.2, -0.15) is 0 Å². The van der Waals surface area contributed by atoms with Crippen molar-refractivity contribution in [3.63, 3.8) is 0 Å². The van der Waals surface area contributed by atoms with Crippen molar-refractivity contribution in [1.29, 1.82) is 0 Å². The van der Waals surface area contributed by atoms with Gasteiger partial charge in [0, 0.05) is 19.4 Å². The van der Waals surface area contributed by atoms with Gasteiger partial charge in [-0.25, -0.2) is 9.79 Å². The topological polar surface area (TPSA) is 90.2 Å². The zero-order valence-corrected chi connectivity index (χ0v) is 21.6. The number of aromatic nitrogens is 2. The Kier molecular flexibility index (Phi) is 8.40. The Hall–Kier alpha value is -4.33. The molecule has 0 fully saturated rings. The predicted octanol–water partition coefficient (Wildman–Crippen LogP) is 4.87. The minimum Gasteiger partial charge on any atom is -0.493 e. The molecule has 0 saturated heterocycles. The number of hydrogen-bond acceptors (Lipinski definition) is 6. The number of ether oxygens (including phenoxy) is 3. The normalized spacial score (nSPS) is 19.6. The molecule has 0 amide bonds. The van der Waals surface area contributed by atoms with Crippen LogP contribution in [0.5, 0.6) is 0 Å². The molecule has 1 aromatic rings. The molecular formula is C29H32N4O4. The van der Waals surface area contributed by atoms with E-state index in [9.17, 15) is 4.79 Å². The third-order valence-corrected chi connectivity index (χ3v) is 6.30. The molecular weight excluding hydrogens is 468 g/mol. The van der Waals surface area contributed by atoms with Crippen molar-refractivity contribution in [3.8, 4) is 0 Å². The van der Waals surface area contributed by atoms with E-state index in [1.165, 1.54) is 5.57 Å². The zero-order valence-electron chi connectivity index (χ0n) is 21.6. The Labute approximate surface area is 216 Å². The summed E-state index contributed by atoms with van der Waals surface area (Å²) < 4.78 is 18.1. The van der Waals surface area contributed by atoms with Crippen LogP contribution in [0.2, 0.25) is 0 Å². The highest BCUT2D eigenvalue weighted by Crippen LogP contribution is 2.28. The van der Waals surface area contributed by atoms with Gasteiger partial charge in [-0.1, -0.05) is 54.2 Å². The Morgan fingerprint density at radius 1 is 1.11 bits per heavy atom. The van der Waals surface area contributed by atoms with Gasteiger partial charge in [-0.3, -0.25) is 14.5 Å². The van der Waals surface area contributed by atoms with Gasteiger partial charge in [0.05, 0.1) is 46.0 Å². The molecule has 1 atom stereocenters. The molecule has 0 radical (unpaired) electrons. The number of hydrogen-bond donors (Lipinski definition) is 1. The molecule has 1 heterocycles. The van der Waals surface area contributed by atoms with Crippen molar-refractivity contribution in [2.75, 3.05) is 28.4 Å². The molecule has 0 aliphatic heterocycles. The average molecular weight is 501 g/mol. The molecule has 8 heteroatoms. The van der Waals surface area contributed by atoms with Crippen LogP contribution < -0.4 is 5.69 Å². The molecule has 3 aliphatic carbocycles. The van der Waals surface area contributed by atoms with Crippen LogP contribution in [-0.4, -0.2) is 49.9 Å². The fraction of sp³-hybridized carbons (Fsp3) is 0.276. The van der Waals surface area contributed by atoms with E-state index in [1.807, 2.05) is 36.5 Å². The van der Waals surface area contributed by atoms with E-state index in [0.717, 1.165) is 16.9 Å². The standard InChI is InChI=1S/C29H32N4O4/c1-30-23(15-20-13-14-25(35-2)28(37-4)26(16-20)36-3)17-31-27-19-33(29(34)32-27)18-22-11-6-5-9-21-10-7-8-12-24(21)22/h5-12,14,16-17,19,21H,13,15,18H2,1-4H3,(H,32,34)/b30-23?,31-17-. The summed E-state index contributed by atoms with van der Waals surface area (Å²) in [5.41, 5.74) is 3.88. The van der Waals surface area contributed by atoms with Gasteiger partial charge < -0.3 is 14.2 Å². The number of nitrogens with zero attached hydrogens (tertiary/aromatic N) is 3. The van der Waals surface area contributed by atoms with E-state index in [4.69, 9.17) is 14.2 Å². The predicted molar refractivity (Wildman–Crippen MR) is 147 cm³/mol. The molecule has 3 aliphatic rings. The van der Waals surface area contributed by atoms with Crippen LogP contribution in [0.1, 0.15) is 12.8 Å². The second-order valence-corrected chi connectivity index (χ2v) is 8.60. The third kappa shape index (κ3) is 6.09. The molecule has 0 spiro atoms. The molecule has 0 aromatic carbocycles. The first-order valence-electron chi connectivity index (χ1n) is 12.0. The van der Waals surface area contributed by atoms with Crippen LogP contribution in [0.25, 0.3) is 0 Å². The lowest BCUT2D eigenvalue weighted by atomic mass is 9.91. The van der Waals surface area contributed by atoms with Crippen molar-refractivity contribution < 1.29 is 14.2 Å². The highest BCUT2D eigenvalue weighted by Gasteiger charge is 2.18. The summed E-state index contributed by atoms with van der Waals surface area (Å²) in [6.07, 6.45) is 25.1. The Morgan fingerprint density at radius 2 is 1.89 bits per heavy atom. The van der Waals surface area contributed by atoms with Crippen LogP contribution in [0.4, 0.5) is 5.82 Å². The maximum absolute atomic E-state index is 12.7. The lowest BCUT2D eigenvalue weighted by Crippen LogP contribution is -2.18. The maximum Gasteiger partial charge on any atom is 0.327 e. The summed E-state index contributed by atoms with van der Waals surface area (Å²) in [6.45, 7) is 0.455. The maximum atomic E-state index is 12.7. The largest absolute Gasteiger partial charge is 0.493 e. The molecule has 0 saturated carbocycles. The molecule has 4 rings (SSSR count). The second-order valence-electron chi connectivity index (χ2n) is 8.60. The van der Waals surface area contributed by atoms with Gasteiger partial charge in [0.1, 0.15) is 0 Å². The minimum atomic E-state index is -0.210. The van der Waals surface area contributed by atoms with E-state index < -0.39 is 0 Å². The lowest BCUT2D eigenvalue weighted by molar-refractivity contribution is 0.191. The summed E-state index contributed by atoms with van der Waals surface area (Å²) in [4.78, 5) is 24.4. The first-order valence-corrected chi connectivity index (χ1v) is 12.0. The van der Waals surface area contributed by atoms with Crippen molar-refractivity contribution in [2.45, 2.75) is 19.4 Å². The van der Waals surface area contributed by atoms with Crippen molar-refractivity contribution >= 4 is 17.7 Å². The number of rotatable bonds is 9. The fourth-order valence-electron chi connectivity index (χ4n) is 4.39. The minimum absolute atomic E-state index is 0.210. The number of nitrogens with one attached hydrogen (secondary N) is 1. The van der Waals surface area contributed by atoms with Gasteiger partial charge in [-0.15, -0.1) is 0 Å². The van der Waals surface area contributed by atoms with E-state index in [0.29, 0.717) is 42.5 Å². The SMILES string of the molecule is CN=C(/C=N\c1cn(CC2=C3C=CC=CC3C=CC=C2)c(=O)[nH]1)CC1=CC(OC)=C(OC)C(OC)=CC1. The summed E-state index contributed by atoms with van der Waals surface area (Å²) >= 11 is 0. The molecule has 0 bridgehead atoms. The number of aromatic amines is 1. The summed E-state index contributed by atoms with van der Waals surface area (Å²) in [5.74, 6) is 2.43.